The standard InChI is InChI=1S/C15H29N3/c1-13(17)14-8-4-6-10-18(14)11-7-5-9-15(2,3)12-16/h13-14H,4-11,17H2,1-3H3. The number of likely N-dealkylation sites (tertiary alicyclic amines) is 1. The minimum atomic E-state index is -0.164. The summed E-state index contributed by atoms with van der Waals surface area (Å²) < 4.78 is 0. The maximum absolute atomic E-state index is 8.98. The van der Waals surface area contributed by atoms with Gasteiger partial charge in [0.25, 0.3) is 0 Å². The number of hydrogen-bond acceptors (Lipinski definition) is 3. The molecule has 1 rings (SSSR count). The highest BCUT2D eigenvalue weighted by Crippen LogP contribution is 2.23. The van der Waals surface area contributed by atoms with Crippen molar-refractivity contribution in [1.29, 1.82) is 5.26 Å². The molecule has 1 fully saturated rings. The van der Waals surface area contributed by atoms with E-state index in [4.69, 9.17) is 11.0 Å². The zero-order chi connectivity index (χ0) is 13.6. The van der Waals surface area contributed by atoms with Gasteiger partial charge in [-0.15, -0.1) is 0 Å². The first-order valence-corrected chi connectivity index (χ1v) is 7.37. The minimum absolute atomic E-state index is 0.164. The molecule has 0 radical (unpaired) electrons. The van der Waals surface area contributed by atoms with Gasteiger partial charge in [-0.05, 0) is 59.5 Å². The van der Waals surface area contributed by atoms with Crippen LogP contribution in [0.25, 0.3) is 0 Å². The van der Waals surface area contributed by atoms with Gasteiger partial charge in [0.1, 0.15) is 0 Å². The molecule has 0 amide bonds. The molecule has 3 nitrogen and oxygen atoms in total. The number of unbranched alkanes of at least 4 members (excludes halogenated alkanes) is 1. The molecule has 0 spiro atoms. The van der Waals surface area contributed by atoms with Crippen molar-refractivity contribution in [1.82, 2.24) is 4.90 Å². The molecule has 0 aliphatic carbocycles. The third kappa shape index (κ3) is 4.96. The number of piperidine rings is 1. The largest absolute Gasteiger partial charge is 0.327 e. The van der Waals surface area contributed by atoms with E-state index in [2.05, 4.69) is 17.9 Å². The van der Waals surface area contributed by atoms with Crippen LogP contribution < -0.4 is 5.73 Å². The third-order valence-corrected chi connectivity index (χ3v) is 4.07. The topological polar surface area (TPSA) is 53.0 Å². The lowest BCUT2D eigenvalue weighted by Crippen LogP contribution is -2.49. The molecule has 0 bridgehead atoms. The third-order valence-electron chi connectivity index (χ3n) is 4.07. The molecule has 1 heterocycles. The summed E-state index contributed by atoms with van der Waals surface area (Å²) in [5.41, 5.74) is 5.90. The fourth-order valence-electron chi connectivity index (χ4n) is 2.83. The molecule has 1 aliphatic heterocycles. The second-order valence-corrected chi connectivity index (χ2v) is 6.41. The Morgan fingerprint density at radius 1 is 1.39 bits per heavy atom. The summed E-state index contributed by atoms with van der Waals surface area (Å²) in [5, 5.41) is 8.98. The molecule has 0 aromatic rings. The quantitative estimate of drug-likeness (QED) is 0.738. The van der Waals surface area contributed by atoms with Gasteiger partial charge in [-0.2, -0.15) is 5.26 Å². The van der Waals surface area contributed by atoms with E-state index >= 15 is 0 Å². The Balaban J connectivity index is 2.27. The average molecular weight is 251 g/mol. The van der Waals surface area contributed by atoms with Gasteiger partial charge in [-0.1, -0.05) is 12.8 Å². The smallest absolute Gasteiger partial charge is 0.0683 e. The predicted octanol–water partition coefficient (Wildman–Crippen LogP) is 2.91. The Bertz CT molecular complexity index is 278. The summed E-state index contributed by atoms with van der Waals surface area (Å²) in [4.78, 5) is 2.56. The Kier molecular flexibility index (Phi) is 6.11. The number of rotatable bonds is 6. The molecule has 3 heteroatoms. The van der Waals surface area contributed by atoms with Gasteiger partial charge in [0, 0.05) is 12.1 Å². The van der Waals surface area contributed by atoms with Crippen LogP contribution in [-0.2, 0) is 0 Å². The second-order valence-electron chi connectivity index (χ2n) is 6.41. The van der Waals surface area contributed by atoms with Crippen LogP contribution in [-0.4, -0.2) is 30.1 Å². The van der Waals surface area contributed by atoms with Gasteiger partial charge in [0.15, 0.2) is 0 Å². The highest BCUT2D eigenvalue weighted by Gasteiger charge is 2.25. The lowest BCUT2D eigenvalue weighted by atomic mass is 9.89. The molecule has 2 N–H and O–H groups in total. The van der Waals surface area contributed by atoms with E-state index in [1.165, 1.54) is 32.2 Å². The Labute approximate surface area is 112 Å². The van der Waals surface area contributed by atoms with Gasteiger partial charge >= 0.3 is 0 Å². The van der Waals surface area contributed by atoms with Crippen LogP contribution in [0.15, 0.2) is 0 Å². The zero-order valence-electron chi connectivity index (χ0n) is 12.3. The van der Waals surface area contributed by atoms with Gasteiger partial charge < -0.3 is 5.73 Å². The molecular formula is C15H29N3. The van der Waals surface area contributed by atoms with Crippen molar-refractivity contribution in [2.75, 3.05) is 13.1 Å². The first-order chi connectivity index (χ1) is 8.46. The summed E-state index contributed by atoms with van der Waals surface area (Å²) in [6.45, 7) is 8.53. The van der Waals surface area contributed by atoms with Crippen molar-refractivity contribution in [3.05, 3.63) is 0 Å². The Hall–Kier alpha value is -0.590. The average Bonchev–Trinajstić information content (AvgIpc) is 2.35. The first-order valence-electron chi connectivity index (χ1n) is 7.37. The fourth-order valence-corrected chi connectivity index (χ4v) is 2.83. The van der Waals surface area contributed by atoms with E-state index in [1.807, 2.05) is 13.8 Å². The fraction of sp³-hybridized carbons (Fsp3) is 0.933. The normalized spacial score (nSPS) is 23.6. The van der Waals surface area contributed by atoms with Crippen LogP contribution in [0.2, 0.25) is 0 Å². The van der Waals surface area contributed by atoms with Gasteiger partial charge in [-0.25, -0.2) is 0 Å². The highest BCUT2D eigenvalue weighted by atomic mass is 15.2. The predicted molar refractivity (Wildman–Crippen MR) is 76.1 cm³/mol. The van der Waals surface area contributed by atoms with Crippen molar-refractivity contribution < 1.29 is 0 Å². The van der Waals surface area contributed by atoms with Crippen molar-refractivity contribution in [2.24, 2.45) is 11.1 Å². The Morgan fingerprint density at radius 3 is 2.72 bits per heavy atom. The maximum atomic E-state index is 8.98. The lowest BCUT2D eigenvalue weighted by molar-refractivity contribution is 0.127. The van der Waals surface area contributed by atoms with Gasteiger partial charge in [0.05, 0.1) is 11.5 Å². The summed E-state index contributed by atoms with van der Waals surface area (Å²) in [5.74, 6) is 0. The van der Waals surface area contributed by atoms with Crippen LogP contribution in [0.1, 0.15) is 59.3 Å². The molecule has 1 aliphatic rings. The maximum Gasteiger partial charge on any atom is 0.0683 e. The number of nitrogens with two attached hydrogens (primary N) is 1. The molecule has 0 aromatic heterocycles. The summed E-state index contributed by atoms with van der Waals surface area (Å²) >= 11 is 0. The van der Waals surface area contributed by atoms with E-state index in [-0.39, 0.29) is 11.5 Å². The summed E-state index contributed by atoms with van der Waals surface area (Å²) in [7, 11) is 0. The monoisotopic (exact) mass is 251 g/mol. The SMILES string of the molecule is CC(N)C1CCCCN1CCCCC(C)(C)C#N. The lowest BCUT2D eigenvalue weighted by Gasteiger charge is -2.38. The van der Waals surface area contributed by atoms with Crippen molar-refractivity contribution in [3.63, 3.8) is 0 Å². The number of nitrogens with zero attached hydrogens (tertiary/aromatic N) is 2. The van der Waals surface area contributed by atoms with Gasteiger partial charge in [-0.3, -0.25) is 4.90 Å². The highest BCUT2D eigenvalue weighted by molar-refractivity contribution is 4.91. The van der Waals surface area contributed by atoms with E-state index < -0.39 is 0 Å². The second kappa shape index (κ2) is 7.11. The molecule has 0 saturated carbocycles. The molecule has 1 saturated heterocycles. The summed E-state index contributed by atoms with van der Waals surface area (Å²) in [6, 6.07) is 3.22. The van der Waals surface area contributed by atoms with Crippen molar-refractivity contribution in [3.8, 4) is 6.07 Å². The zero-order valence-corrected chi connectivity index (χ0v) is 12.3. The molecule has 2 unspecified atom stereocenters. The number of hydrogen-bond donors (Lipinski definition) is 1. The first kappa shape index (κ1) is 15.5. The molecule has 104 valence electrons. The molecular weight excluding hydrogens is 222 g/mol. The van der Waals surface area contributed by atoms with Crippen LogP contribution >= 0.6 is 0 Å². The van der Waals surface area contributed by atoms with Crippen LogP contribution in [0.5, 0.6) is 0 Å². The minimum Gasteiger partial charge on any atom is -0.327 e. The van der Waals surface area contributed by atoms with E-state index in [0.717, 1.165) is 19.4 Å². The van der Waals surface area contributed by atoms with E-state index in [0.29, 0.717) is 6.04 Å². The van der Waals surface area contributed by atoms with E-state index in [1.54, 1.807) is 0 Å². The van der Waals surface area contributed by atoms with Crippen LogP contribution in [0.4, 0.5) is 0 Å². The summed E-state index contributed by atoms with van der Waals surface area (Å²) in [6.07, 6.45) is 7.22. The van der Waals surface area contributed by atoms with Crippen molar-refractivity contribution in [2.45, 2.75) is 71.4 Å². The van der Waals surface area contributed by atoms with Crippen LogP contribution in [0.3, 0.4) is 0 Å². The molecule has 0 aromatic carbocycles. The van der Waals surface area contributed by atoms with E-state index in [9.17, 15) is 0 Å². The molecule has 18 heavy (non-hydrogen) atoms. The van der Waals surface area contributed by atoms with Gasteiger partial charge in [0.2, 0.25) is 0 Å². The number of nitriles is 1. The van der Waals surface area contributed by atoms with Crippen molar-refractivity contribution >= 4 is 0 Å². The molecule has 2 atom stereocenters. The Morgan fingerprint density at radius 2 is 2.11 bits per heavy atom. The van der Waals surface area contributed by atoms with Crippen LogP contribution in [0, 0.1) is 16.7 Å².